The highest BCUT2D eigenvalue weighted by Gasteiger charge is 2.04. The summed E-state index contributed by atoms with van der Waals surface area (Å²) in [5, 5.41) is 6.59. The Kier molecular flexibility index (Phi) is 6.55. The Morgan fingerprint density at radius 1 is 0.963 bits per heavy atom. The van der Waals surface area contributed by atoms with E-state index >= 15 is 0 Å². The molecule has 0 aliphatic rings. The maximum Gasteiger partial charge on any atom is 0.228 e. The summed E-state index contributed by atoms with van der Waals surface area (Å²) >= 11 is 5.27. The maximum absolute atomic E-state index is 5.97. The van der Waals surface area contributed by atoms with Crippen molar-refractivity contribution in [3.8, 4) is 5.75 Å². The van der Waals surface area contributed by atoms with Crippen LogP contribution in [0.5, 0.6) is 5.75 Å². The van der Waals surface area contributed by atoms with Gasteiger partial charge in [0.25, 0.3) is 0 Å². The largest absolute Gasteiger partial charge is 0.488 e. The van der Waals surface area contributed by atoms with Crippen molar-refractivity contribution in [3.05, 3.63) is 95.6 Å². The molecule has 0 saturated carbocycles. The van der Waals surface area contributed by atoms with Crippen LogP contribution < -0.4 is 20.6 Å². The summed E-state index contributed by atoms with van der Waals surface area (Å²) in [7, 11) is 0. The molecule has 0 saturated heterocycles. The van der Waals surface area contributed by atoms with E-state index in [-0.39, 0.29) is 0 Å². The Morgan fingerprint density at radius 3 is 2.44 bits per heavy atom. The van der Waals surface area contributed by atoms with Gasteiger partial charge in [-0.05, 0) is 49.0 Å². The minimum atomic E-state index is 0.482. The molecule has 0 radical (unpaired) electrons. The Labute approximate surface area is 164 Å². The highest BCUT2D eigenvalue weighted by molar-refractivity contribution is 7.80. The lowest BCUT2D eigenvalue weighted by molar-refractivity contribution is -0.499. The van der Waals surface area contributed by atoms with Crippen LogP contribution in [-0.2, 0) is 6.61 Å². The minimum absolute atomic E-state index is 0.482. The van der Waals surface area contributed by atoms with Gasteiger partial charge in [0.2, 0.25) is 11.3 Å². The maximum atomic E-state index is 5.97. The highest BCUT2D eigenvalue weighted by atomic mass is 32.1. The first-order chi connectivity index (χ1) is 13.2. The number of hydrazone groups is 1. The third-order valence-electron chi connectivity index (χ3n) is 3.88. The van der Waals surface area contributed by atoms with Gasteiger partial charge < -0.3 is 10.1 Å². The molecule has 5 heteroatoms. The number of aryl methyl sites for hydroxylation is 1. The predicted molar refractivity (Wildman–Crippen MR) is 114 cm³/mol. The van der Waals surface area contributed by atoms with E-state index in [0.29, 0.717) is 11.7 Å². The van der Waals surface area contributed by atoms with Gasteiger partial charge in [0, 0.05) is 5.69 Å². The fraction of sp³-hybridized carbons (Fsp3) is 0.0909. The van der Waals surface area contributed by atoms with Crippen LogP contribution in [0.15, 0.2) is 78.9 Å². The second-order valence-corrected chi connectivity index (χ2v) is 6.45. The number of nitrogens with one attached hydrogen (secondary N) is 3. The summed E-state index contributed by atoms with van der Waals surface area (Å²) in [5.41, 5.74) is 7.18. The molecule has 0 aliphatic heterocycles. The molecule has 3 rings (SSSR count). The molecule has 4 nitrogen and oxygen atoms in total. The van der Waals surface area contributed by atoms with Crippen molar-refractivity contribution in [1.82, 2.24) is 5.43 Å². The van der Waals surface area contributed by atoms with Gasteiger partial charge in [-0.3, -0.25) is 0 Å². The molecule has 0 fully saturated rings. The lowest BCUT2D eigenvalue weighted by Gasteiger charge is -2.08. The van der Waals surface area contributed by atoms with E-state index < -0.39 is 0 Å². The molecule has 0 aliphatic carbocycles. The van der Waals surface area contributed by atoms with Crippen LogP contribution in [0.1, 0.15) is 16.7 Å². The van der Waals surface area contributed by atoms with Gasteiger partial charge in [0.05, 0.1) is 5.56 Å². The van der Waals surface area contributed by atoms with E-state index in [1.165, 1.54) is 5.56 Å². The van der Waals surface area contributed by atoms with Gasteiger partial charge in [0.1, 0.15) is 12.4 Å². The molecule has 0 amide bonds. The van der Waals surface area contributed by atoms with E-state index in [2.05, 4.69) is 47.0 Å². The monoisotopic (exact) mass is 376 g/mol. The zero-order valence-corrected chi connectivity index (χ0v) is 15.9. The number of ether oxygens (including phenoxy) is 1. The van der Waals surface area contributed by atoms with Crippen LogP contribution >= 0.6 is 12.2 Å². The van der Waals surface area contributed by atoms with Crippen molar-refractivity contribution in [2.24, 2.45) is 0 Å². The van der Waals surface area contributed by atoms with E-state index in [9.17, 15) is 0 Å². The number of benzene rings is 3. The number of hydrogen-bond acceptors (Lipinski definition) is 2. The summed E-state index contributed by atoms with van der Waals surface area (Å²) < 4.78 is 5.97. The average Bonchev–Trinajstić information content (AvgIpc) is 2.69. The molecule has 27 heavy (non-hydrogen) atoms. The Hall–Kier alpha value is -3.18. The Balaban J connectivity index is 1.57. The van der Waals surface area contributed by atoms with Crippen LogP contribution in [0.25, 0.3) is 0 Å². The molecule has 3 aromatic carbocycles. The molecule has 0 bridgehead atoms. The quantitative estimate of drug-likeness (QED) is 0.352. The number of para-hydroxylation sites is 2. The molecule has 3 N–H and O–H groups in total. The summed E-state index contributed by atoms with van der Waals surface area (Å²) in [6.45, 7) is 2.59. The molecule has 0 spiro atoms. The fourth-order valence-corrected chi connectivity index (χ4v) is 2.62. The van der Waals surface area contributed by atoms with Gasteiger partial charge >= 0.3 is 0 Å². The molecule has 0 atom stereocenters. The minimum Gasteiger partial charge on any atom is -0.488 e. The second-order valence-electron chi connectivity index (χ2n) is 6.05. The van der Waals surface area contributed by atoms with E-state index in [1.807, 2.05) is 60.8 Å². The van der Waals surface area contributed by atoms with Crippen molar-refractivity contribution in [2.45, 2.75) is 13.5 Å². The highest BCUT2D eigenvalue weighted by Crippen LogP contribution is 2.17. The lowest BCUT2D eigenvalue weighted by atomic mass is 10.1. The number of rotatable bonds is 6. The standard InChI is InChI=1S/C22H21N3OS/c1-17-11-13-18(14-12-17)16-26-21-10-6-5-7-19(21)15-23-25-22(27)24-20-8-3-2-4-9-20/h2-15H,16H2,1H3,(H2,24,25,27)/p+1. The van der Waals surface area contributed by atoms with Gasteiger partial charge in [0.15, 0.2) is 0 Å². The van der Waals surface area contributed by atoms with Crippen molar-refractivity contribution >= 4 is 29.2 Å². The normalized spacial score (nSPS) is 10.6. The van der Waals surface area contributed by atoms with E-state index in [0.717, 1.165) is 22.6 Å². The number of hydrazine groups is 1. The van der Waals surface area contributed by atoms with Crippen molar-refractivity contribution < 1.29 is 9.84 Å². The summed E-state index contributed by atoms with van der Waals surface area (Å²) in [6, 6.07) is 25.9. The van der Waals surface area contributed by atoms with Crippen molar-refractivity contribution in [1.29, 1.82) is 0 Å². The third kappa shape index (κ3) is 5.94. The molecule has 0 heterocycles. The summed E-state index contributed by atoms with van der Waals surface area (Å²) in [4.78, 5) is 0. The number of hydrogen-bond donors (Lipinski definition) is 3. The van der Waals surface area contributed by atoms with Gasteiger partial charge in [-0.2, -0.15) is 0 Å². The number of anilines is 1. The second kappa shape index (κ2) is 9.50. The van der Waals surface area contributed by atoms with Crippen molar-refractivity contribution in [2.75, 3.05) is 5.32 Å². The van der Waals surface area contributed by atoms with Gasteiger partial charge in [-0.25, -0.2) is 0 Å². The molecular weight excluding hydrogens is 354 g/mol. The Morgan fingerprint density at radius 2 is 1.67 bits per heavy atom. The first-order valence-electron chi connectivity index (χ1n) is 8.69. The van der Waals surface area contributed by atoms with Crippen molar-refractivity contribution in [3.63, 3.8) is 0 Å². The van der Waals surface area contributed by atoms with Crippen LogP contribution in [0, 0.1) is 6.92 Å². The van der Waals surface area contributed by atoms with Crippen LogP contribution in [0.2, 0.25) is 0 Å². The van der Waals surface area contributed by atoms with Gasteiger partial charge in [-0.1, -0.05) is 60.2 Å². The molecule has 0 aromatic heterocycles. The van der Waals surface area contributed by atoms with Crippen LogP contribution in [-0.4, -0.2) is 11.3 Å². The first kappa shape index (κ1) is 18.6. The molecule has 0 unspecified atom stereocenters. The van der Waals surface area contributed by atoms with E-state index in [1.54, 1.807) is 0 Å². The summed E-state index contributed by atoms with van der Waals surface area (Å²) in [5.74, 6) is 0.800. The summed E-state index contributed by atoms with van der Waals surface area (Å²) in [6.07, 6.45) is 1.82. The van der Waals surface area contributed by atoms with E-state index in [4.69, 9.17) is 17.0 Å². The van der Waals surface area contributed by atoms with Gasteiger partial charge in [-0.15, -0.1) is 10.5 Å². The SMILES string of the molecule is Cc1ccc(COc2ccccc2C=[NH+]NC(=S)Nc2ccccc2)cc1. The fourth-order valence-electron chi connectivity index (χ4n) is 2.44. The number of thiocarbonyl (C=S) groups is 1. The zero-order chi connectivity index (χ0) is 18.9. The first-order valence-corrected chi connectivity index (χ1v) is 9.10. The smallest absolute Gasteiger partial charge is 0.228 e. The van der Waals surface area contributed by atoms with Crippen LogP contribution in [0.4, 0.5) is 5.69 Å². The Bertz CT molecular complexity index is 908. The molecular formula is C22H22N3OS+. The average molecular weight is 377 g/mol. The zero-order valence-electron chi connectivity index (χ0n) is 15.1. The van der Waals surface area contributed by atoms with Crippen LogP contribution in [0.3, 0.4) is 0 Å². The lowest BCUT2D eigenvalue weighted by Crippen LogP contribution is -2.82. The molecule has 3 aromatic rings. The predicted octanol–water partition coefficient (Wildman–Crippen LogP) is 2.98. The third-order valence-corrected chi connectivity index (χ3v) is 4.08. The topological polar surface area (TPSA) is 47.3 Å². The molecule has 136 valence electrons.